The van der Waals surface area contributed by atoms with E-state index in [0.29, 0.717) is 19.0 Å². The molecule has 1 aliphatic heterocycles. The third-order valence-corrected chi connectivity index (χ3v) is 4.77. The molecule has 1 aromatic heterocycles. The Labute approximate surface area is 148 Å². The molecule has 0 aliphatic carbocycles. The summed E-state index contributed by atoms with van der Waals surface area (Å²) in [5.74, 6) is 0.796. The second-order valence-electron chi connectivity index (χ2n) is 7.21. The van der Waals surface area contributed by atoms with Gasteiger partial charge in [0.2, 0.25) is 0 Å². The highest BCUT2D eigenvalue weighted by atomic mass is 16.4. The standard InChI is InChI=1S/C20H25N3O2/c1-14(2)9-17-13-23(20(24)25)8-5-16-10-15(3-4-19(16)17)11-18-12-21-6-7-22-18/h3-4,6-7,10,12,14,17H,5,8-9,11,13H2,1-2H3,(H,24,25). The van der Waals surface area contributed by atoms with Gasteiger partial charge in [0.25, 0.3) is 0 Å². The Kier molecular flexibility index (Phi) is 5.31. The van der Waals surface area contributed by atoms with Gasteiger partial charge in [-0.25, -0.2) is 4.79 Å². The van der Waals surface area contributed by atoms with E-state index in [1.165, 1.54) is 16.7 Å². The topological polar surface area (TPSA) is 66.3 Å². The van der Waals surface area contributed by atoms with Crippen LogP contribution >= 0.6 is 0 Å². The largest absolute Gasteiger partial charge is 0.465 e. The van der Waals surface area contributed by atoms with Gasteiger partial charge in [0.1, 0.15) is 0 Å². The van der Waals surface area contributed by atoms with Gasteiger partial charge >= 0.3 is 6.09 Å². The lowest BCUT2D eigenvalue weighted by Gasteiger charge is -2.24. The van der Waals surface area contributed by atoms with Gasteiger partial charge in [0.15, 0.2) is 0 Å². The second-order valence-corrected chi connectivity index (χ2v) is 7.21. The van der Waals surface area contributed by atoms with Crippen molar-refractivity contribution < 1.29 is 9.90 Å². The fourth-order valence-corrected chi connectivity index (χ4v) is 3.67. The normalized spacial score (nSPS) is 17.2. The highest BCUT2D eigenvalue weighted by Gasteiger charge is 2.26. The second kappa shape index (κ2) is 7.64. The summed E-state index contributed by atoms with van der Waals surface area (Å²) in [6.45, 7) is 5.53. The fraction of sp³-hybridized carbons (Fsp3) is 0.450. The van der Waals surface area contributed by atoms with E-state index < -0.39 is 6.09 Å². The molecule has 2 aromatic rings. The number of carbonyl (C=O) groups is 1. The van der Waals surface area contributed by atoms with Crippen LogP contribution in [0.5, 0.6) is 0 Å². The number of aromatic nitrogens is 2. The first-order valence-electron chi connectivity index (χ1n) is 8.87. The molecule has 3 rings (SSSR count). The summed E-state index contributed by atoms with van der Waals surface area (Å²) >= 11 is 0. The lowest BCUT2D eigenvalue weighted by Crippen LogP contribution is -2.33. The molecule has 0 radical (unpaired) electrons. The molecule has 25 heavy (non-hydrogen) atoms. The first-order valence-corrected chi connectivity index (χ1v) is 8.87. The fourth-order valence-electron chi connectivity index (χ4n) is 3.67. The smallest absolute Gasteiger partial charge is 0.407 e. The van der Waals surface area contributed by atoms with E-state index in [1.54, 1.807) is 23.5 Å². The third-order valence-electron chi connectivity index (χ3n) is 4.77. The molecule has 1 N–H and O–H groups in total. The predicted molar refractivity (Wildman–Crippen MR) is 96.8 cm³/mol. The minimum atomic E-state index is -0.818. The maximum atomic E-state index is 11.5. The van der Waals surface area contributed by atoms with Crippen molar-refractivity contribution in [3.8, 4) is 0 Å². The number of carboxylic acid groups (broad SMARTS) is 1. The van der Waals surface area contributed by atoms with Gasteiger partial charge in [-0.2, -0.15) is 0 Å². The van der Waals surface area contributed by atoms with Crippen molar-refractivity contribution in [3.63, 3.8) is 0 Å². The van der Waals surface area contributed by atoms with Crippen LogP contribution in [-0.4, -0.2) is 39.2 Å². The SMILES string of the molecule is CC(C)CC1CN(C(=O)O)CCc2cc(Cc3cnccn3)ccc21. The minimum absolute atomic E-state index is 0.263. The molecule has 1 aliphatic rings. The van der Waals surface area contributed by atoms with Crippen LogP contribution in [0.3, 0.4) is 0 Å². The van der Waals surface area contributed by atoms with Crippen LogP contribution in [0.4, 0.5) is 4.79 Å². The van der Waals surface area contributed by atoms with Crippen LogP contribution in [0, 0.1) is 5.92 Å². The monoisotopic (exact) mass is 339 g/mol. The van der Waals surface area contributed by atoms with Crippen molar-refractivity contribution in [1.29, 1.82) is 0 Å². The van der Waals surface area contributed by atoms with Crippen molar-refractivity contribution in [2.45, 2.75) is 39.0 Å². The summed E-state index contributed by atoms with van der Waals surface area (Å²) in [5.41, 5.74) is 4.73. The zero-order valence-corrected chi connectivity index (χ0v) is 14.9. The van der Waals surface area contributed by atoms with E-state index >= 15 is 0 Å². The Morgan fingerprint density at radius 3 is 2.88 bits per heavy atom. The average molecular weight is 339 g/mol. The van der Waals surface area contributed by atoms with Crippen molar-refractivity contribution in [1.82, 2.24) is 14.9 Å². The van der Waals surface area contributed by atoms with Crippen LogP contribution in [0.2, 0.25) is 0 Å². The zero-order chi connectivity index (χ0) is 17.8. The summed E-state index contributed by atoms with van der Waals surface area (Å²) in [6.07, 6.45) is 6.88. The van der Waals surface area contributed by atoms with E-state index in [1.807, 2.05) is 0 Å². The van der Waals surface area contributed by atoms with E-state index in [4.69, 9.17) is 0 Å². The van der Waals surface area contributed by atoms with E-state index in [2.05, 4.69) is 42.0 Å². The Bertz CT molecular complexity index is 731. The molecule has 0 bridgehead atoms. The van der Waals surface area contributed by atoms with Gasteiger partial charge in [-0.05, 0) is 35.4 Å². The zero-order valence-electron chi connectivity index (χ0n) is 14.9. The Morgan fingerprint density at radius 1 is 1.36 bits per heavy atom. The predicted octanol–water partition coefficient (Wildman–Crippen LogP) is 3.73. The number of amides is 1. The van der Waals surface area contributed by atoms with Gasteiger partial charge < -0.3 is 10.0 Å². The van der Waals surface area contributed by atoms with Crippen molar-refractivity contribution >= 4 is 6.09 Å². The van der Waals surface area contributed by atoms with E-state index in [0.717, 1.165) is 25.0 Å². The first-order chi connectivity index (χ1) is 12.0. The summed E-state index contributed by atoms with van der Waals surface area (Å²) in [4.78, 5) is 21.5. The third kappa shape index (κ3) is 4.35. The Balaban J connectivity index is 1.88. The average Bonchev–Trinajstić information content (AvgIpc) is 2.75. The van der Waals surface area contributed by atoms with Gasteiger partial charge in [-0.15, -0.1) is 0 Å². The molecule has 0 fully saturated rings. The molecule has 2 heterocycles. The highest BCUT2D eigenvalue weighted by molar-refractivity contribution is 5.65. The van der Waals surface area contributed by atoms with Crippen LogP contribution in [0.15, 0.2) is 36.8 Å². The van der Waals surface area contributed by atoms with Crippen LogP contribution in [-0.2, 0) is 12.8 Å². The Morgan fingerprint density at radius 2 is 2.20 bits per heavy atom. The molecule has 5 nitrogen and oxygen atoms in total. The van der Waals surface area contributed by atoms with E-state index in [9.17, 15) is 9.90 Å². The summed E-state index contributed by atoms with van der Waals surface area (Å²) < 4.78 is 0. The maximum absolute atomic E-state index is 11.5. The van der Waals surface area contributed by atoms with Crippen LogP contribution in [0.25, 0.3) is 0 Å². The molecule has 1 aromatic carbocycles. The van der Waals surface area contributed by atoms with Gasteiger partial charge in [0.05, 0.1) is 5.69 Å². The molecular formula is C20H25N3O2. The van der Waals surface area contributed by atoms with E-state index in [-0.39, 0.29) is 5.92 Å². The number of benzene rings is 1. The summed E-state index contributed by atoms with van der Waals surface area (Å²) in [6, 6.07) is 6.57. The van der Waals surface area contributed by atoms with Crippen molar-refractivity contribution in [2.75, 3.05) is 13.1 Å². The van der Waals surface area contributed by atoms with Crippen LogP contribution < -0.4 is 0 Å². The molecule has 0 saturated carbocycles. The molecule has 5 heteroatoms. The number of fused-ring (bicyclic) bond motifs is 1. The molecule has 1 unspecified atom stereocenters. The molecule has 0 saturated heterocycles. The van der Waals surface area contributed by atoms with Gasteiger partial charge in [-0.1, -0.05) is 32.0 Å². The van der Waals surface area contributed by atoms with Gasteiger partial charge in [0, 0.05) is 44.0 Å². The van der Waals surface area contributed by atoms with Crippen molar-refractivity contribution in [3.05, 3.63) is 59.2 Å². The molecule has 1 atom stereocenters. The minimum Gasteiger partial charge on any atom is -0.465 e. The number of hydrogen-bond acceptors (Lipinski definition) is 3. The van der Waals surface area contributed by atoms with Crippen molar-refractivity contribution in [2.24, 2.45) is 5.92 Å². The lowest BCUT2D eigenvalue weighted by atomic mass is 9.86. The first kappa shape index (κ1) is 17.4. The number of nitrogens with zero attached hydrogens (tertiary/aromatic N) is 3. The molecule has 1 amide bonds. The Hall–Kier alpha value is -2.43. The molecule has 0 spiro atoms. The number of rotatable bonds is 4. The maximum Gasteiger partial charge on any atom is 0.407 e. The molecular weight excluding hydrogens is 314 g/mol. The lowest BCUT2D eigenvalue weighted by molar-refractivity contribution is 0.142. The molecule has 132 valence electrons. The quantitative estimate of drug-likeness (QED) is 0.921. The van der Waals surface area contributed by atoms with Crippen LogP contribution in [0.1, 0.15) is 48.6 Å². The summed E-state index contributed by atoms with van der Waals surface area (Å²) in [7, 11) is 0. The van der Waals surface area contributed by atoms with Gasteiger partial charge in [-0.3, -0.25) is 9.97 Å². The summed E-state index contributed by atoms with van der Waals surface area (Å²) in [5, 5.41) is 9.45. The number of hydrogen-bond donors (Lipinski definition) is 1. The highest BCUT2D eigenvalue weighted by Crippen LogP contribution is 2.31.